The lowest BCUT2D eigenvalue weighted by Crippen LogP contribution is -2.05. The number of phenols is 1. The van der Waals surface area contributed by atoms with Crippen molar-refractivity contribution in [3.05, 3.63) is 17.2 Å². The quantitative estimate of drug-likeness (QED) is 0.867. The van der Waals surface area contributed by atoms with E-state index >= 15 is 0 Å². The smallest absolute Gasteiger partial charge is 0.201 e. The molecule has 18 heavy (non-hydrogen) atoms. The molecule has 0 atom stereocenters. The highest BCUT2D eigenvalue weighted by molar-refractivity contribution is 5.59. The molecule has 0 aliphatic rings. The lowest BCUT2D eigenvalue weighted by Gasteiger charge is -2.21. The van der Waals surface area contributed by atoms with Crippen LogP contribution in [0.5, 0.6) is 17.2 Å². The largest absolute Gasteiger partial charge is 0.502 e. The number of methoxy groups -OCH3 is 2. The van der Waals surface area contributed by atoms with Crippen molar-refractivity contribution in [3.8, 4) is 17.2 Å². The van der Waals surface area contributed by atoms with Crippen LogP contribution in [0.4, 0.5) is 0 Å². The number of benzene rings is 1. The first kappa shape index (κ1) is 14.7. The number of phenolic OH excluding ortho intramolecular Hbond substituents is 1. The van der Waals surface area contributed by atoms with Crippen LogP contribution in [0.25, 0.3) is 0 Å². The van der Waals surface area contributed by atoms with E-state index in [1.807, 2.05) is 6.07 Å². The van der Waals surface area contributed by atoms with Gasteiger partial charge < -0.3 is 14.6 Å². The fraction of sp³-hybridized carbons (Fsp3) is 0.600. The number of ether oxygens (including phenoxy) is 2. The predicted octanol–water partition coefficient (Wildman–Crippen LogP) is 3.73. The normalized spacial score (nSPS) is 11.1. The van der Waals surface area contributed by atoms with Gasteiger partial charge in [0.15, 0.2) is 11.5 Å². The third-order valence-electron chi connectivity index (χ3n) is 2.97. The Labute approximate surface area is 110 Å². The Bertz CT molecular complexity index is 409. The molecule has 0 heterocycles. The standard InChI is InChI=1S/C15H24O3/c1-9(2)7-11-8-12(17-5)14(16)15(18-6)13(11)10(3)4/h8-10,16H,7H2,1-6H3. The zero-order valence-electron chi connectivity index (χ0n) is 12.2. The summed E-state index contributed by atoms with van der Waals surface area (Å²) in [6, 6.07) is 1.92. The molecule has 0 bridgehead atoms. The van der Waals surface area contributed by atoms with Gasteiger partial charge in [0.25, 0.3) is 0 Å². The Morgan fingerprint density at radius 1 is 1.11 bits per heavy atom. The molecule has 0 unspecified atom stereocenters. The minimum Gasteiger partial charge on any atom is -0.502 e. The molecule has 0 spiro atoms. The average Bonchev–Trinajstić information content (AvgIpc) is 2.29. The van der Waals surface area contributed by atoms with E-state index < -0.39 is 0 Å². The summed E-state index contributed by atoms with van der Waals surface area (Å²) < 4.78 is 10.6. The highest BCUT2D eigenvalue weighted by atomic mass is 16.5. The second-order valence-corrected chi connectivity index (χ2v) is 5.29. The molecule has 3 nitrogen and oxygen atoms in total. The number of hydrogen-bond acceptors (Lipinski definition) is 3. The number of rotatable bonds is 5. The summed E-state index contributed by atoms with van der Waals surface area (Å²) in [6.07, 6.45) is 0.945. The maximum atomic E-state index is 10.1. The van der Waals surface area contributed by atoms with Crippen molar-refractivity contribution < 1.29 is 14.6 Å². The van der Waals surface area contributed by atoms with Crippen LogP contribution >= 0.6 is 0 Å². The summed E-state index contributed by atoms with van der Waals surface area (Å²) in [5.74, 6) is 1.95. The first-order valence-corrected chi connectivity index (χ1v) is 6.39. The lowest BCUT2D eigenvalue weighted by atomic mass is 9.90. The average molecular weight is 252 g/mol. The van der Waals surface area contributed by atoms with Crippen LogP contribution in [0.3, 0.4) is 0 Å². The van der Waals surface area contributed by atoms with Gasteiger partial charge in [-0.05, 0) is 29.9 Å². The minimum atomic E-state index is 0.0937. The van der Waals surface area contributed by atoms with Crippen molar-refractivity contribution in [1.29, 1.82) is 0 Å². The highest BCUT2D eigenvalue weighted by Crippen LogP contribution is 2.44. The summed E-state index contributed by atoms with van der Waals surface area (Å²) >= 11 is 0. The van der Waals surface area contributed by atoms with Crippen molar-refractivity contribution in [1.82, 2.24) is 0 Å². The fourth-order valence-corrected chi connectivity index (χ4v) is 2.29. The van der Waals surface area contributed by atoms with Gasteiger partial charge in [-0.3, -0.25) is 0 Å². The van der Waals surface area contributed by atoms with Gasteiger partial charge in [0, 0.05) is 5.56 Å². The van der Waals surface area contributed by atoms with Crippen molar-refractivity contribution >= 4 is 0 Å². The van der Waals surface area contributed by atoms with Crippen LogP contribution in [0.15, 0.2) is 6.07 Å². The molecule has 0 aliphatic heterocycles. The van der Waals surface area contributed by atoms with Gasteiger partial charge in [-0.1, -0.05) is 27.7 Å². The van der Waals surface area contributed by atoms with E-state index in [4.69, 9.17) is 9.47 Å². The lowest BCUT2D eigenvalue weighted by molar-refractivity contribution is 0.335. The van der Waals surface area contributed by atoms with E-state index in [9.17, 15) is 5.11 Å². The SMILES string of the molecule is COc1cc(CC(C)C)c(C(C)C)c(OC)c1O. The maximum absolute atomic E-state index is 10.1. The molecule has 0 radical (unpaired) electrons. The zero-order valence-corrected chi connectivity index (χ0v) is 12.2. The predicted molar refractivity (Wildman–Crippen MR) is 73.8 cm³/mol. The molecule has 0 aliphatic carbocycles. The third kappa shape index (κ3) is 2.89. The highest BCUT2D eigenvalue weighted by Gasteiger charge is 2.21. The summed E-state index contributed by atoms with van der Waals surface area (Å²) in [5, 5.41) is 10.1. The molecule has 0 saturated carbocycles. The molecule has 0 aromatic heterocycles. The Balaban J connectivity index is 3.46. The summed E-state index contributed by atoms with van der Waals surface area (Å²) in [4.78, 5) is 0. The van der Waals surface area contributed by atoms with E-state index in [0.29, 0.717) is 23.3 Å². The van der Waals surface area contributed by atoms with Crippen LogP contribution in [0.2, 0.25) is 0 Å². The first-order chi connectivity index (χ1) is 8.42. The van der Waals surface area contributed by atoms with Gasteiger partial charge in [-0.15, -0.1) is 0 Å². The fourth-order valence-electron chi connectivity index (χ4n) is 2.29. The second kappa shape index (κ2) is 5.98. The van der Waals surface area contributed by atoms with Crippen molar-refractivity contribution in [2.45, 2.75) is 40.0 Å². The van der Waals surface area contributed by atoms with Crippen molar-refractivity contribution in [2.75, 3.05) is 14.2 Å². The topological polar surface area (TPSA) is 38.7 Å². The van der Waals surface area contributed by atoms with E-state index in [-0.39, 0.29) is 5.75 Å². The summed E-state index contributed by atoms with van der Waals surface area (Å²) in [6.45, 7) is 8.56. The van der Waals surface area contributed by atoms with E-state index in [2.05, 4.69) is 27.7 Å². The van der Waals surface area contributed by atoms with E-state index in [1.54, 1.807) is 14.2 Å². The molecule has 3 heteroatoms. The first-order valence-electron chi connectivity index (χ1n) is 6.39. The van der Waals surface area contributed by atoms with Crippen LogP contribution < -0.4 is 9.47 Å². The molecule has 1 aromatic rings. The number of aromatic hydroxyl groups is 1. The van der Waals surface area contributed by atoms with Crippen LogP contribution in [-0.2, 0) is 6.42 Å². The maximum Gasteiger partial charge on any atom is 0.201 e. The number of hydrogen-bond donors (Lipinski definition) is 1. The van der Waals surface area contributed by atoms with Crippen LogP contribution in [0, 0.1) is 5.92 Å². The van der Waals surface area contributed by atoms with Crippen molar-refractivity contribution in [2.24, 2.45) is 5.92 Å². The van der Waals surface area contributed by atoms with Gasteiger partial charge in [0.1, 0.15) is 0 Å². The third-order valence-corrected chi connectivity index (χ3v) is 2.97. The zero-order chi connectivity index (χ0) is 13.9. The van der Waals surface area contributed by atoms with Crippen molar-refractivity contribution in [3.63, 3.8) is 0 Å². The molecular formula is C15H24O3. The van der Waals surface area contributed by atoms with Gasteiger partial charge in [0.05, 0.1) is 14.2 Å². The minimum absolute atomic E-state index is 0.0937. The monoisotopic (exact) mass is 252 g/mol. The Morgan fingerprint density at radius 2 is 1.72 bits per heavy atom. The van der Waals surface area contributed by atoms with E-state index in [1.165, 1.54) is 5.56 Å². The molecule has 1 N–H and O–H groups in total. The van der Waals surface area contributed by atoms with Crippen LogP contribution in [-0.4, -0.2) is 19.3 Å². The Morgan fingerprint density at radius 3 is 2.11 bits per heavy atom. The molecule has 1 aromatic carbocycles. The molecule has 102 valence electrons. The molecule has 0 saturated heterocycles. The molecular weight excluding hydrogens is 228 g/mol. The molecule has 0 amide bonds. The molecule has 0 fully saturated rings. The summed E-state index contributed by atoms with van der Waals surface area (Å²) in [5.41, 5.74) is 2.26. The van der Waals surface area contributed by atoms with Gasteiger partial charge in [-0.25, -0.2) is 0 Å². The van der Waals surface area contributed by atoms with Gasteiger partial charge in [0.2, 0.25) is 5.75 Å². The Kier molecular flexibility index (Phi) is 4.88. The second-order valence-electron chi connectivity index (χ2n) is 5.29. The van der Waals surface area contributed by atoms with E-state index in [0.717, 1.165) is 12.0 Å². The molecule has 1 rings (SSSR count). The summed E-state index contributed by atoms with van der Waals surface area (Å²) in [7, 11) is 3.14. The van der Waals surface area contributed by atoms with Gasteiger partial charge >= 0.3 is 0 Å². The van der Waals surface area contributed by atoms with Gasteiger partial charge in [-0.2, -0.15) is 0 Å². The van der Waals surface area contributed by atoms with Crippen LogP contribution in [0.1, 0.15) is 44.7 Å². The Hall–Kier alpha value is -1.38.